The predicted molar refractivity (Wildman–Crippen MR) is 124 cm³/mol. The highest BCUT2D eigenvalue weighted by Gasteiger charge is 2.43. The Morgan fingerprint density at radius 2 is 1.97 bits per heavy atom. The van der Waals surface area contributed by atoms with Gasteiger partial charge in [0.15, 0.2) is 23.0 Å². The van der Waals surface area contributed by atoms with E-state index in [1.807, 2.05) is 6.07 Å². The highest BCUT2D eigenvalue weighted by molar-refractivity contribution is 6.06. The van der Waals surface area contributed by atoms with Crippen molar-refractivity contribution in [3.05, 3.63) is 71.9 Å². The summed E-state index contributed by atoms with van der Waals surface area (Å²) in [5, 5.41) is 22.2. The maximum absolute atomic E-state index is 14.4. The fourth-order valence-corrected chi connectivity index (χ4v) is 4.27. The van der Waals surface area contributed by atoms with Crippen LogP contribution in [0.4, 0.5) is 10.2 Å². The van der Waals surface area contributed by atoms with Gasteiger partial charge < -0.3 is 10.4 Å². The Balaban J connectivity index is 1.57. The maximum Gasteiger partial charge on any atom is 0.235 e. The smallest absolute Gasteiger partial charge is 0.235 e. The van der Waals surface area contributed by atoms with Crippen LogP contribution in [0.15, 0.2) is 55.0 Å². The van der Waals surface area contributed by atoms with Crippen LogP contribution >= 0.6 is 0 Å². The molecule has 0 atom stereocenters. The largest absolute Gasteiger partial charge is 0.505 e. The highest BCUT2D eigenvalue weighted by atomic mass is 19.1. The lowest BCUT2D eigenvalue weighted by atomic mass is 9.87. The Labute approximate surface area is 198 Å². The van der Waals surface area contributed by atoms with Crippen molar-refractivity contribution < 1.29 is 14.3 Å². The lowest BCUT2D eigenvalue weighted by Gasteiger charge is -2.18. The van der Waals surface area contributed by atoms with Crippen LogP contribution in [0.5, 0.6) is 5.75 Å². The van der Waals surface area contributed by atoms with Gasteiger partial charge >= 0.3 is 0 Å². The summed E-state index contributed by atoms with van der Waals surface area (Å²) in [4.78, 5) is 26.5. The minimum absolute atomic E-state index is 0.0437. The lowest BCUT2D eigenvalue weighted by molar-refractivity contribution is -0.119. The number of anilines is 1. The minimum atomic E-state index is -0.918. The summed E-state index contributed by atoms with van der Waals surface area (Å²) in [6, 6.07) is 10.1. The molecule has 10 nitrogen and oxygen atoms in total. The van der Waals surface area contributed by atoms with Crippen LogP contribution in [0.1, 0.15) is 25.0 Å². The third-order valence-electron chi connectivity index (χ3n) is 6.10. The second-order valence-corrected chi connectivity index (χ2v) is 8.79. The zero-order valence-electron chi connectivity index (χ0n) is 18.8. The summed E-state index contributed by atoms with van der Waals surface area (Å²) >= 11 is 0. The molecule has 5 heterocycles. The molecule has 1 aromatic carbocycles. The molecule has 35 heavy (non-hydrogen) atoms. The first kappa shape index (κ1) is 20.9. The third-order valence-corrected chi connectivity index (χ3v) is 6.10. The molecule has 1 aliphatic heterocycles. The van der Waals surface area contributed by atoms with Gasteiger partial charge in [-0.15, -0.1) is 0 Å². The van der Waals surface area contributed by atoms with Crippen LogP contribution in [-0.4, -0.2) is 45.5 Å². The highest BCUT2D eigenvalue weighted by Crippen LogP contribution is 2.41. The number of halogens is 1. The molecule has 0 saturated carbocycles. The number of fused-ring (bicyclic) bond motifs is 2. The Kier molecular flexibility index (Phi) is 4.43. The Hall–Kier alpha value is -4.67. The minimum Gasteiger partial charge on any atom is -0.505 e. The number of amides is 1. The number of carbonyl (C=O) groups excluding carboxylic acids is 1. The summed E-state index contributed by atoms with van der Waals surface area (Å²) in [6.07, 6.45) is 4.32. The monoisotopic (exact) mass is 470 g/mol. The summed E-state index contributed by atoms with van der Waals surface area (Å²) in [6.45, 7) is 3.70. The van der Waals surface area contributed by atoms with Crippen molar-refractivity contribution in [2.75, 3.05) is 5.32 Å². The molecule has 11 heteroatoms. The van der Waals surface area contributed by atoms with Gasteiger partial charge in [0.05, 0.1) is 35.3 Å². The number of hydrogen-bond acceptors (Lipinski definition) is 7. The number of hydrogen-bond donors (Lipinski definition) is 2. The Morgan fingerprint density at radius 1 is 1.14 bits per heavy atom. The van der Waals surface area contributed by atoms with Gasteiger partial charge in [0.25, 0.3) is 0 Å². The van der Waals surface area contributed by atoms with Crippen LogP contribution in [0.25, 0.3) is 28.4 Å². The second kappa shape index (κ2) is 7.42. The summed E-state index contributed by atoms with van der Waals surface area (Å²) in [5.74, 6) is 0.307. The van der Waals surface area contributed by atoms with E-state index in [2.05, 4.69) is 25.5 Å². The molecule has 0 bridgehead atoms. The predicted octanol–water partition coefficient (Wildman–Crippen LogP) is 3.20. The van der Waals surface area contributed by atoms with Gasteiger partial charge in [-0.2, -0.15) is 10.2 Å². The number of nitrogens with one attached hydrogen (secondary N) is 1. The van der Waals surface area contributed by atoms with Crippen LogP contribution < -0.4 is 5.32 Å². The van der Waals surface area contributed by atoms with Gasteiger partial charge in [-0.1, -0.05) is 18.2 Å². The molecule has 1 aliphatic rings. The van der Waals surface area contributed by atoms with Crippen molar-refractivity contribution in [2.45, 2.75) is 25.8 Å². The molecule has 2 N–H and O–H groups in total. The zero-order valence-corrected chi connectivity index (χ0v) is 18.8. The molecule has 174 valence electrons. The van der Waals surface area contributed by atoms with Gasteiger partial charge in [0, 0.05) is 11.8 Å². The molecule has 1 amide bonds. The topological polar surface area (TPSA) is 124 Å². The van der Waals surface area contributed by atoms with Crippen molar-refractivity contribution in [1.82, 2.24) is 34.5 Å². The zero-order chi connectivity index (χ0) is 24.3. The summed E-state index contributed by atoms with van der Waals surface area (Å²) in [5.41, 5.74) is 1.06. The van der Waals surface area contributed by atoms with Gasteiger partial charge in [0.1, 0.15) is 17.3 Å². The molecule has 0 radical (unpaired) electrons. The van der Waals surface area contributed by atoms with E-state index in [1.165, 1.54) is 23.1 Å². The maximum atomic E-state index is 14.4. The molecular formula is C24H19FN8O2. The number of benzene rings is 1. The van der Waals surface area contributed by atoms with E-state index >= 15 is 0 Å². The quantitative estimate of drug-likeness (QED) is 0.413. The van der Waals surface area contributed by atoms with Crippen molar-refractivity contribution in [3.8, 4) is 23.1 Å². The number of aromatic nitrogens is 7. The molecule has 0 saturated heterocycles. The second-order valence-electron chi connectivity index (χ2n) is 8.79. The molecule has 0 aliphatic carbocycles. The molecule has 0 spiro atoms. The third kappa shape index (κ3) is 3.23. The fraction of sp³-hybridized carbons (Fsp3) is 0.167. The van der Waals surface area contributed by atoms with Gasteiger partial charge in [-0.25, -0.2) is 28.7 Å². The first-order valence-corrected chi connectivity index (χ1v) is 10.9. The van der Waals surface area contributed by atoms with Gasteiger partial charge in [0.2, 0.25) is 5.91 Å². The fourth-order valence-electron chi connectivity index (χ4n) is 4.27. The van der Waals surface area contributed by atoms with E-state index in [9.17, 15) is 14.3 Å². The van der Waals surface area contributed by atoms with Crippen molar-refractivity contribution >= 4 is 22.8 Å². The Bertz CT molecular complexity index is 1640. The number of carbonyl (C=O) groups is 1. The van der Waals surface area contributed by atoms with Crippen molar-refractivity contribution in [3.63, 3.8) is 0 Å². The molecular weight excluding hydrogens is 451 g/mol. The molecule has 6 rings (SSSR count). The SMILES string of the molecule is CC1(C)C(=O)Nc2nc(-c3nn(Cc4ccccc4F)c4ncccc34)nc(-n3cc(O)cn3)c21. The first-order valence-electron chi connectivity index (χ1n) is 10.9. The van der Waals surface area contributed by atoms with Gasteiger partial charge in [-0.3, -0.25) is 4.79 Å². The normalized spacial score (nSPS) is 14.3. The van der Waals surface area contributed by atoms with Crippen molar-refractivity contribution in [2.24, 2.45) is 0 Å². The van der Waals surface area contributed by atoms with E-state index in [1.54, 1.807) is 49.0 Å². The van der Waals surface area contributed by atoms with Crippen LogP contribution in [-0.2, 0) is 16.8 Å². The molecule has 0 unspecified atom stereocenters. The number of rotatable bonds is 4. The number of nitrogens with zero attached hydrogens (tertiary/aromatic N) is 7. The summed E-state index contributed by atoms with van der Waals surface area (Å²) < 4.78 is 17.4. The average molecular weight is 470 g/mol. The van der Waals surface area contributed by atoms with E-state index in [0.717, 1.165) is 0 Å². The van der Waals surface area contributed by atoms with E-state index in [4.69, 9.17) is 4.98 Å². The standard InChI is InChI=1S/C24H19FN8O2/c1-24(2)17-19(30-23(24)35)28-20(29-22(17)32-12-14(34)10-27-32)18-15-7-5-9-26-21(15)33(31-18)11-13-6-3-4-8-16(13)25/h3-10,12,34H,11H2,1-2H3,(H,28,29,30,35). The Morgan fingerprint density at radius 3 is 2.74 bits per heavy atom. The average Bonchev–Trinajstić information content (AvgIpc) is 3.49. The summed E-state index contributed by atoms with van der Waals surface area (Å²) in [7, 11) is 0. The molecule has 5 aromatic rings. The van der Waals surface area contributed by atoms with Crippen molar-refractivity contribution in [1.29, 1.82) is 0 Å². The van der Waals surface area contributed by atoms with Crippen LogP contribution in [0, 0.1) is 5.82 Å². The molecule has 0 fully saturated rings. The first-order chi connectivity index (χ1) is 16.8. The van der Waals surface area contributed by atoms with Crippen LogP contribution in [0.2, 0.25) is 0 Å². The van der Waals surface area contributed by atoms with E-state index in [0.29, 0.717) is 39.5 Å². The number of pyridine rings is 1. The van der Waals surface area contributed by atoms with Crippen LogP contribution in [0.3, 0.4) is 0 Å². The van der Waals surface area contributed by atoms with E-state index in [-0.39, 0.29) is 29.8 Å². The van der Waals surface area contributed by atoms with Gasteiger partial charge in [-0.05, 0) is 32.0 Å². The van der Waals surface area contributed by atoms with E-state index < -0.39 is 5.41 Å². The lowest BCUT2D eigenvalue weighted by Crippen LogP contribution is -2.28. The number of aromatic hydroxyl groups is 1. The molecule has 4 aromatic heterocycles.